The monoisotopic (exact) mass is 584 g/mol. The molecule has 39 heavy (non-hydrogen) atoms. The molecule has 0 bridgehead atoms. The van der Waals surface area contributed by atoms with E-state index in [0.29, 0.717) is 0 Å². The third-order valence-corrected chi connectivity index (χ3v) is 12.1. The molecular formula is C24H30F2N6O5S2. The Morgan fingerprint density at radius 3 is 2.54 bits per heavy atom. The van der Waals surface area contributed by atoms with Gasteiger partial charge in [-0.15, -0.1) is 0 Å². The molecule has 2 aliphatic rings. The summed E-state index contributed by atoms with van der Waals surface area (Å²) >= 11 is 0. The number of guanidine groups is 1. The summed E-state index contributed by atoms with van der Waals surface area (Å²) < 4.78 is 82.7. The van der Waals surface area contributed by atoms with Gasteiger partial charge in [0.15, 0.2) is 0 Å². The van der Waals surface area contributed by atoms with Gasteiger partial charge >= 0.3 is 0 Å². The van der Waals surface area contributed by atoms with E-state index in [1.54, 1.807) is 13.8 Å². The number of aliphatic imine (C=N–C) groups is 1. The first-order valence-corrected chi connectivity index (χ1v) is 15.1. The van der Waals surface area contributed by atoms with Gasteiger partial charge in [-0.2, -0.15) is 0 Å². The van der Waals surface area contributed by atoms with E-state index in [9.17, 15) is 26.0 Å². The Kier molecular flexibility index (Phi) is 7.23. The van der Waals surface area contributed by atoms with Crippen molar-refractivity contribution in [2.75, 3.05) is 31.2 Å². The minimum Gasteiger partial charge on any atom is -0.369 e. The van der Waals surface area contributed by atoms with Gasteiger partial charge in [-0.3, -0.25) is 4.79 Å². The molecule has 11 nitrogen and oxygen atoms in total. The van der Waals surface area contributed by atoms with Crippen LogP contribution in [-0.2, 0) is 25.6 Å². The number of sulfonamides is 2. The highest BCUT2D eigenvalue weighted by Gasteiger charge is 2.67. The second-order valence-electron chi connectivity index (χ2n) is 10.3. The van der Waals surface area contributed by atoms with E-state index < -0.39 is 60.4 Å². The number of carbonyl (C=O) groups excluding carboxylic acids is 1. The zero-order valence-electron chi connectivity index (χ0n) is 21.8. The van der Waals surface area contributed by atoms with Gasteiger partial charge in [-0.05, 0) is 49.6 Å². The Bertz CT molecular complexity index is 1550. The molecular weight excluding hydrogens is 554 g/mol. The maximum absolute atomic E-state index is 15.5. The number of nitrogens with zero attached hydrogens (tertiary/aromatic N) is 4. The maximum atomic E-state index is 15.5. The van der Waals surface area contributed by atoms with Gasteiger partial charge < -0.3 is 11.1 Å². The van der Waals surface area contributed by atoms with E-state index in [-0.39, 0.29) is 41.6 Å². The molecule has 1 amide bonds. The smallest absolute Gasteiger partial charge is 0.274 e. The average Bonchev–Trinajstić information content (AvgIpc) is 3.32. The average molecular weight is 585 g/mol. The van der Waals surface area contributed by atoms with E-state index in [0.717, 1.165) is 26.9 Å². The fourth-order valence-electron chi connectivity index (χ4n) is 5.15. The minimum atomic E-state index is -4.36. The number of hydrogen-bond donors (Lipinski definition) is 2. The van der Waals surface area contributed by atoms with Crippen LogP contribution >= 0.6 is 0 Å². The first-order chi connectivity index (χ1) is 18.0. The summed E-state index contributed by atoms with van der Waals surface area (Å²) in [6.45, 7) is 4.30. The van der Waals surface area contributed by atoms with Crippen LogP contribution in [0.15, 0.2) is 41.5 Å². The number of hydrogen-bond acceptors (Lipinski definition) is 8. The first-order valence-electron chi connectivity index (χ1n) is 12.1. The highest BCUT2D eigenvalue weighted by molar-refractivity contribution is 7.91. The fraction of sp³-hybridized carbons (Fsp3) is 0.458. The van der Waals surface area contributed by atoms with Crippen molar-refractivity contribution >= 4 is 37.6 Å². The molecule has 4 rings (SSSR count). The highest BCUT2D eigenvalue weighted by atomic mass is 32.2. The predicted octanol–water partition coefficient (Wildman–Crippen LogP) is 1.85. The van der Waals surface area contributed by atoms with Gasteiger partial charge in [0, 0.05) is 31.4 Å². The molecule has 0 unspecified atom stereocenters. The molecule has 1 aromatic carbocycles. The standard InChI is InChI=1S/C24H30F2N6O5S2/c1-15(2)13-38(34,35)32-10-9-24(14-32)23(3,30-22(27)31(4)39(24,36)37)18-11-17(6-7-19(18)26)29-21(33)20-8-5-16(25)12-28-20/h5-8,11-12,15H,9-10,13-14H2,1-4H3,(H2,27,30)(H,29,33)/t23-,24+/m1/s1. The van der Waals surface area contributed by atoms with Gasteiger partial charge in [0.1, 0.15) is 27.6 Å². The lowest BCUT2D eigenvalue weighted by molar-refractivity contribution is 0.102. The van der Waals surface area contributed by atoms with Gasteiger partial charge in [0.25, 0.3) is 5.91 Å². The lowest BCUT2D eigenvalue weighted by atomic mass is 9.78. The van der Waals surface area contributed by atoms with Crippen LogP contribution < -0.4 is 11.1 Å². The third kappa shape index (κ3) is 4.76. The van der Waals surface area contributed by atoms with E-state index in [2.05, 4.69) is 15.3 Å². The molecule has 1 aromatic heterocycles. The number of anilines is 1. The van der Waals surface area contributed by atoms with Crippen LogP contribution in [0.1, 0.15) is 43.2 Å². The molecule has 0 aliphatic carbocycles. The van der Waals surface area contributed by atoms with E-state index in [4.69, 9.17) is 5.73 Å². The molecule has 2 aliphatic heterocycles. The van der Waals surface area contributed by atoms with Crippen molar-refractivity contribution in [3.63, 3.8) is 0 Å². The minimum absolute atomic E-state index is 0.0891. The highest BCUT2D eigenvalue weighted by Crippen LogP contribution is 2.52. The van der Waals surface area contributed by atoms with Crippen LogP contribution in [0.25, 0.3) is 0 Å². The predicted molar refractivity (Wildman–Crippen MR) is 142 cm³/mol. The Hall–Kier alpha value is -3.17. The number of carbonyl (C=O) groups is 1. The molecule has 1 fully saturated rings. The molecule has 212 valence electrons. The normalized spacial score (nSPS) is 25.2. The number of halogens is 2. The summed E-state index contributed by atoms with van der Waals surface area (Å²) in [5, 5.41) is 2.54. The molecule has 1 saturated heterocycles. The zero-order valence-corrected chi connectivity index (χ0v) is 23.5. The van der Waals surface area contributed by atoms with Gasteiger partial charge in [0.05, 0.1) is 11.9 Å². The summed E-state index contributed by atoms with van der Waals surface area (Å²) in [4.78, 5) is 20.8. The van der Waals surface area contributed by atoms with E-state index >= 15 is 4.39 Å². The van der Waals surface area contributed by atoms with Crippen LogP contribution in [0, 0.1) is 17.6 Å². The summed E-state index contributed by atoms with van der Waals surface area (Å²) in [6.07, 6.45) is 0.704. The number of nitrogens with one attached hydrogen (secondary N) is 1. The Balaban J connectivity index is 1.82. The van der Waals surface area contributed by atoms with Gasteiger partial charge in [-0.1, -0.05) is 13.8 Å². The van der Waals surface area contributed by atoms with Crippen LogP contribution in [0.3, 0.4) is 0 Å². The third-order valence-electron chi connectivity index (χ3n) is 7.25. The van der Waals surface area contributed by atoms with Gasteiger partial charge in [0.2, 0.25) is 26.0 Å². The molecule has 3 heterocycles. The second kappa shape index (κ2) is 9.78. The molecule has 0 saturated carbocycles. The summed E-state index contributed by atoms with van der Waals surface area (Å²) in [5.74, 6) is -2.95. The number of pyridine rings is 1. The van der Waals surface area contributed by atoms with Crippen molar-refractivity contribution in [1.29, 1.82) is 0 Å². The zero-order chi connectivity index (χ0) is 29.0. The molecule has 15 heteroatoms. The maximum Gasteiger partial charge on any atom is 0.274 e. The number of aromatic nitrogens is 1. The lowest BCUT2D eigenvalue weighted by Crippen LogP contribution is -2.66. The van der Waals surface area contributed by atoms with E-state index in [1.165, 1.54) is 32.2 Å². The second-order valence-corrected chi connectivity index (χ2v) is 14.6. The summed E-state index contributed by atoms with van der Waals surface area (Å²) in [7, 11) is -6.97. The molecule has 1 spiro atoms. The van der Waals surface area contributed by atoms with Crippen molar-refractivity contribution in [3.05, 3.63) is 59.4 Å². The number of rotatable bonds is 6. The van der Waals surface area contributed by atoms with Crippen molar-refractivity contribution < 1.29 is 30.4 Å². The Labute approximate surface area is 226 Å². The van der Waals surface area contributed by atoms with Gasteiger partial charge in [-0.25, -0.2) is 44.2 Å². The topological polar surface area (TPSA) is 155 Å². The van der Waals surface area contributed by atoms with Crippen LogP contribution in [0.5, 0.6) is 0 Å². The quantitative estimate of drug-likeness (QED) is 0.525. The number of amides is 1. The Morgan fingerprint density at radius 2 is 1.92 bits per heavy atom. The fourth-order valence-corrected chi connectivity index (χ4v) is 9.20. The lowest BCUT2D eigenvalue weighted by Gasteiger charge is -2.48. The SMILES string of the molecule is CC(C)CS(=O)(=O)N1CC[C@]2(C1)[C@@](C)(c1cc(NC(=O)c3ccc(F)cn3)ccc1F)N=C(N)N(C)S2(=O)=O. The van der Waals surface area contributed by atoms with Crippen LogP contribution in [0.4, 0.5) is 14.5 Å². The number of nitrogens with two attached hydrogens (primary N) is 1. The summed E-state index contributed by atoms with van der Waals surface area (Å²) in [6, 6.07) is 5.77. The first kappa shape index (κ1) is 28.8. The Morgan fingerprint density at radius 1 is 1.23 bits per heavy atom. The summed E-state index contributed by atoms with van der Waals surface area (Å²) in [5.41, 5.74) is 3.91. The number of benzene rings is 1. The van der Waals surface area contributed by atoms with Crippen molar-refractivity contribution in [2.45, 2.75) is 37.5 Å². The van der Waals surface area contributed by atoms with Crippen molar-refractivity contribution in [2.24, 2.45) is 16.6 Å². The largest absolute Gasteiger partial charge is 0.369 e. The van der Waals surface area contributed by atoms with Crippen LogP contribution in [-0.4, -0.2) is 72.9 Å². The molecule has 2 aromatic rings. The molecule has 0 radical (unpaired) electrons. The van der Waals surface area contributed by atoms with E-state index in [1.807, 2.05) is 0 Å². The van der Waals surface area contributed by atoms with Crippen molar-refractivity contribution in [1.82, 2.24) is 13.6 Å². The molecule has 2 atom stereocenters. The van der Waals surface area contributed by atoms with Crippen molar-refractivity contribution in [3.8, 4) is 0 Å². The van der Waals surface area contributed by atoms with Crippen LogP contribution in [0.2, 0.25) is 0 Å². The molecule has 3 N–H and O–H groups in total.